The molecule has 0 aliphatic rings. The van der Waals surface area contributed by atoms with Crippen molar-refractivity contribution in [3.05, 3.63) is 118 Å². The number of hydrogen-bond donors (Lipinski definition) is 2. The van der Waals surface area contributed by atoms with Gasteiger partial charge in [0, 0.05) is 70.9 Å². The van der Waals surface area contributed by atoms with Gasteiger partial charge >= 0.3 is 6.18 Å². The van der Waals surface area contributed by atoms with E-state index in [-0.39, 0.29) is 24.3 Å². The summed E-state index contributed by atoms with van der Waals surface area (Å²) in [7, 11) is 0. The number of nitrogens with one attached hydrogen (secondary N) is 2. The van der Waals surface area contributed by atoms with E-state index in [9.17, 15) is 18.0 Å². The number of ketones is 1. The number of carbonyl (C=O) groups excluding carboxylic acids is 1. The van der Waals surface area contributed by atoms with Crippen molar-refractivity contribution in [2.75, 3.05) is 10.6 Å². The van der Waals surface area contributed by atoms with E-state index in [1.54, 1.807) is 36.2 Å². The van der Waals surface area contributed by atoms with Crippen LogP contribution in [0, 0.1) is 6.92 Å². The van der Waals surface area contributed by atoms with Gasteiger partial charge in [-0.2, -0.15) is 13.2 Å². The second-order valence-corrected chi connectivity index (χ2v) is 12.0. The van der Waals surface area contributed by atoms with Crippen LogP contribution in [-0.4, -0.2) is 25.7 Å². The van der Waals surface area contributed by atoms with Gasteiger partial charge in [-0.1, -0.05) is 18.2 Å². The number of alkyl halides is 3. The molecule has 12 heteroatoms. The first kappa shape index (κ1) is 30.1. The second-order valence-electron chi connectivity index (χ2n) is 10.3. The molecular formula is C33H25F3N6OS2. The highest BCUT2D eigenvalue weighted by Crippen LogP contribution is 2.33. The predicted octanol–water partition coefficient (Wildman–Crippen LogP) is 8.89. The van der Waals surface area contributed by atoms with Gasteiger partial charge in [-0.3, -0.25) is 14.8 Å². The molecule has 6 aromatic rings. The average Bonchev–Trinajstić information content (AvgIpc) is 3.67. The summed E-state index contributed by atoms with van der Waals surface area (Å²) < 4.78 is 39.2. The molecule has 226 valence electrons. The lowest BCUT2D eigenvalue weighted by Crippen LogP contribution is -2.07. The van der Waals surface area contributed by atoms with E-state index in [2.05, 4.69) is 31.7 Å². The zero-order chi connectivity index (χ0) is 31.4. The van der Waals surface area contributed by atoms with E-state index in [1.807, 2.05) is 42.6 Å². The van der Waals surface area contributed by atoms with Crippen LogP contribution in [0.3, 0.4) is 0 Å². The average molecular weight is 643 g/mol. The summed E-state index contributed by atoms with van der Waals surface area (Å²) >= 11 is 2.76. The van der Waals surface area contributed by atoms with Gasteiger partial charge in [-0.05, 0) is 66.1 Å². The van der Waals surface area contributed by atoms with Crippen molar-refractivity contribution in [1.29, 1.82) is 0 Å². The van der Waals surface area contributed by atoms with Crippen molar-refractivity contribution in [1.82, 2.24) is 19.9 Å². The van der Waals surface area contributed by atoms with Crippen LogP contribution in [-0.2, 0) is 23.8 Å². The molecule has 2 aromatic carbocycles. The summed E-state index contributed by atoms with van der Waals surface area (Å²) in [6, 6.07) is 16.8. The fourth-order valence-corrected chi connectivity index (χ4v) is 6.12. The Labute approximate surface area is 264 Å². The third-order valence-electron chi connectivity index (χ3n) is 6.70. The number of aryl methyl sites for hydroxylation is 1. The third-order valence-corrected chi connectivity index (χ3v) is 8.22. The van der Waals surface area contributed by atoms with E-state index >= 15 is 0 Å². The fraction of sp³-hybridized carbons (Fsp3) is 0.121. The minimum Gasteiger partial charge on any atom is -0.332 e. The molecule has 2 N–H and O–H groups in total. The summed E-state index contributed by atoms with van der Waals surface area (Å²) in [4.78, 5) is 30.9. The van der Waals surface area contributed by atoms with Crippen molar-refractivity contribution in [3.8, 4) is 22.5 Å². The number of halogens is 3. The molecule has 0 bridgehead atoms. The number of thiazole rings is 2. The van der Waals surface area contributed by atoms with Gasteiger partial charge in [-0.15, -0.1) is 22.7 Å². The molecule has 4 aromatic heterocycles. The molecule has 0 saturated carbocycles. The highest BCUT2D eigenvalue weighted by Gasteiger charge is 2.30. The molecule has 0 fully saturated rings. The Morgan fingerprint density at radius 2 is 1.27 bits per heavy atom. The van der Waals surface area contributed by atoms with Crippen molar-refractivity contribution in [2.24, 2.45) is 0 Å². The monoisotopic (exact) mass is 642 g/mol. The lowest BCUT2D eigenvalue weighted by molar-refractivity contribution is -0.137. The van der Waals surface area contributed by atoms with Gasteiger partial charge in [0.25, 0.3) is 0 Å². The second kappa shape index (κ2) is 13.0. The molecule has 0 aliphatic heterocycles. The van der Waals surface area contributed by atoms with Crippen LogP contribution in [0.1, 0.15) is 22.3 Å². The molecule has 4 heterocycles. The molecule has 45 heavy (non-hydrogen) atoms. The Kier molecular flexibility index (Phi) is 8.67. The number of hydrogen-bond acceptors (Lipinski definition) is 9. The first-order chi connectivity index (χ1) is 21.7. The van der Waals surface area contributed by atoms with Crippen molar-refractivity contribution < 1.29 is 18.0 Å². The predicted molar refractivity (Wildman–Crippen MR) is 172 cm³/mol. The van der Waals surface area contributed by atoms with E-state index in [0.717, 1.165) is 50.9 Å². The summed E-state index contributed by atoms with van der Waals surface area (Å²) in [6.07, 6.45) is 2.64. The molecule has 0 spiro atoms. The summed E-state index contributed by atoms with van der Waals surface area (Å²) in [6.45, 7) is 2.04. The number of carbonyl (C=O) groups is 1. The van der Waals surface area contributed by atoms with E-state index in [1.165, 1.54) is 28.7 Å². The molecule has 0 unspecified atom stereocenters. The Bertz CT molecular complexity index is 1970. The third kappa shape index (κ3) is 7.78. The number of anilines is 4. The van der Waals surface area contributed by atoms with Crippen molar-refractivity contribution in [2.45, 2.75) is 25.9 Å². The normalized spacial score (nSPS) is 11.4. The zero-order valence-electron chi connectivity index (χ0n) is 23.8. The fourth-order valence-electron chi connectivity index (χ4n) is 4.64. The van der Waals surface area contributed by atoms with Gasteiger partial charge in [-0.25, -0.2) is 9.97 Å². The van der Waals surface area contributed by atoms with E-state index < -0.39 is 11.7 Å². The molecule has 0 radical (unpaired) electrons. The number of aromatic nitrogens is 4. The van der Waals surface area contributed by atoms with Crippen LogP contribution < -0.4 is 10.6 Å². The maximum atomic E-state index is 13.1. The SMILES string of the molecule is Cc1cccc(Nc2nc(-c3cncc(CC(=O)Cc4cncc(-c5csc(Nc6cccc(C(F)(F)F)c6)n5)c4)c3)cs2)c1. The number of Topliss-reactive ketones (excluding diaryl/α,β-unsaturated/α-hetero) is 1. The van der Waals surface area contributed by atoms with Gasteiger partial charge < -0.3 is 10.6 Å². The minimum atomic E-state index is -4.43. The Morgan fingerprint density at radius 3 is 1.80 bits per heavy atom. The first-order valence-electron chi connectivity index (χ1n) is 13.8. The topological polar surface area (TPSA) is 92.7 Å². The molecule has 0 aliphatic carbocycles. The van der Waals surface area contributed by atoms with Crippen LogP contribution in [0.25, 0.3) is 22.5 Å². The number of benzene rings is 2. The maximum absolute atomic E-state index is 13.1. The van der Waals surface area contributed by atoms with Crippen LogP contribution in [0.4, 0.5) is 34.8 Å². The van der Waals surface area contributed by atoms with Crippen LogP contribution >= 0.6 is 22.7 Å². The Morgan fingerprint density at radius 1 is 0.733 bits per heavy atom. The van der Waals surface area contributed by atoms with Crippen molar-refractivity contribution >= 4 is 50.1 Å². The van der Waals surface area contributed by atoms with E-state index in [0.29, 0.717) is 16.4 Å². The standard InChI is InChI=1S/C33H25F3N6OS2/c1-20-4-2-6-26(8-20)39-31-41-29(18-44-31)23-9-21(14-37-16-23)11-28(43)12-22-10-24(17-38-15-22)30-19-45-32(42-30)40-27-7-3-5-25(13-27)33(34,35)36/h2-10,13-19H,11-12H2,1H3,(H,39,41)(H,40,42). The molecule has 0 atom stereocenters. The highest BCUT2D eigenvalue weighted by atomic mass is 32.1. The molecule has 6 rings (SSSR count). The molecule has 7 nitrogen and oxygen atoms in total. The quantitative estimate of drug-likeness (QED) is 0.154. The Balaban J connectivity index is 1.08. The lowest BCUT2D eigenvalue weighted by atomic mass is 10.0. The van der Waals surface area contributed by atoms with Crippen molar-refractivity contribution in [3.63, 3.8) is 0 Å². The van der Waals surface area contributed by atoms with Crippen LogP contribution in [0.2, 0.25) is 0 Å². The van der Waals surface area contributed by atoms with Crippen LogP contribution in [0.5, 0.6) is 0 Å². The summed E-state index contributed by atoms with van der Waals surface area (Å²) in [5, 5.41) is 11.2. The van der Waals surface area contributed by atoms with Gasteiger partial charge in [0.2, 0.25) is 0 Å². The Hall–Kier alpha value is -4.94. The molecule has 0 amide bonds. The number of rotatable bonds is 10. The van der Waals surface area contributed by atoms with Gasteiger partial charge in [0.1, 0.15) is 5.78 Å². The number of nitrogens with zero attached hydrogens (tertiary/aromatic N) is 4. The smallest absolute Gasteiger partial charge is 0.332 e. The highest BCUT2D eigenvalue weighted by molar-refractivity contribution is 7.14. The number of pyridine rings is 2. The van der Waals surface area contributed by atoms with Crippen LogP contribution in [0.15, 0.2) is 96.2 Å². The summed E-state index contributed by atoms with van der Waals surface area (Å²) in [5.41, 5.74) is 6.10. The van der Waals surface area contributed by atoms with E-state index in [4.69, 9.17) is 4.98 Å². The first-order valence-corrected chi connectivity index (χ1v) is 15.5. The lowest BCUT2D eigenvalue weighted by Gasteiger charge is -2.09. The van der Waals surface area contributed by atoms with Gasteiger partial charge in [0.15, 0.2) is 10.3 Å². The maximum Gasteiger partial charge on any atom is 0.416 e. The zero-order valence-corrected chi connectivity index (χ0v) is 25.4. The summed E-state index contributed by atoms with van der Waals surface area (Å²) in [5.74, 6) is -0.00170. The molecular weight excluding hydrogens is 618 g/mol. The van der Waals surface area contributed by atoms with Gasteiger partial charge in [0.05, 0.1) is 17.0 Å². The minimum absolute atomic E-state index is 0.00170. The molecule has 0 saturated heterocycles. The largest absolute Gasteiger partial charge is 0.416 e.